The van der Waals surface area contributed by atoms with Crippen molar-refractivity contribution in [2.45, 2.75) is 18.7 Å². The average Bonchev–Trinajstić information content (AvgIpc) is 2.26. The van der Waals surface area contributed by atoms with Gasteiger partial charge in [0.25, 0.3) is 6.43 Å². The molecule has 5 heteroatoms. The number of ether oxygens (including phenoxy) is 1. The Hall–Kier alpha value is -1.16. The summed E-state index contributed by atoms with van der Waals surface area (Å²) in [4.78, 5) is 11.6. The van der Waals surface area contributed by atoms with Crippen LogP contribution in [-0.2, 0) is 0 Å². The first kappa shape index (κ1) is 12.9. The first-order valence-corrected chi connectivity index (χ1v) is 5.05. The van der Waals surface area contributed by atoms with Crippen LogP contribution in [0.15, 0.2) is 18.2 Å². The van der Waals surface area contributed by atoms with Crippen molar-refractivity contribution < 1.29 is 18.3 Å². The number of Topliss-reactive ketones (excluding diaryl/α,β-unsaturated/α-hetero) is 1. The van der Waals surface area contributed by atoms with Crippen LogP contribution in [0.25, 0.3) is 0 Å². The van der Waals surface area contributed by atoms with Crippen LogP contribution in [0.1, 0.15) is 29.3 Å². The lowest BCUT2D eigenvalue weighted by Crippen LogP contribution is -2.12. The van der Waals surface area contributed by atoms with Crippen molar-refractivity contribution in [1.29, 1.82) is 0 Å². The topological polar surface area (TPSA) is 26.3 Å². The number of rotatable bonds is 4. The molecular weight excluding hydrogens is 238 g/mol. The Morgan fingerprint density at radius 2 is 2.06 bits per heavy atom. The van der Waals surface area contributed by atoms with E-state index in [2.05, 4.69) is 0 Å². The normalized spacial score (nSPS) is 12.6. The fourth-order valence-corrected chi connectivity index (χ4v) is 1.39. The van der Waals surface area contributed by atoms with Crippen molar-refractivity contribution in [3.63, 3.8) is 0 Å². The monoisotopic (exact) mass is 248 g/mol. The molecule has 1 aromatic carbocycles. The summed E-state index contributed by atoms with van der Waals surface area (Å²) in [5.74, 6) is -0.178. The number of methoxy groups -OCH3 is 1. The maximum atomic E-state index is 12.5. The smallest absolute Gasteiger partial charge is 0.263 e. The molecule has 0 aliphatic rings. The predicted molar refractivity (Wildman–Crippen MR) is 57.6 cm³/mol. The van der Waals surface area contributed by atoms with E-state index in [0.29, 0.717) is 0 Å². The van der Waals surface area contributed by atoms with Gasteiger partial charge in [-0.3, -0.25) is 4.79 Å². The van der Waals surface area contributed by atoms with E-state index < -0.39 is 17.6 Å². The highest BCUT2D eigenvalue weighted by Gasteiger charge is 2.19. The van der Waals surface area contributed by atoms with Gasteiger partial charge >= 0.3 is 0 Å². The third-order valence-electron chi connectivity index (χ3n) is 2.10. The van der Waals surface area contributed by atoms with Gasteiger partial charge in [0.2, 0.25) is 0 Å². The van der Waals surface area contributed by atoms with Crippen LogP contribution in [0.5, 0.6) is 5.75 Å². The molecule has 0 aliphatic carbocycles. The van der Waals surface area contributed by atoms with E-state index in [9.17, 15) is 13.6 Å². The molecular formula is C11H11ClF2O2. The molecule has 16 heavy (non-hydrogen) atoms. The first-order chi connectivity index (χ1) is 7.47. The summed E-state index contributed by atoms with van der Waals surface area (Å²) in [6, 6.07) is 3.68. The zero-order valence-corrected chi connectivity index (χ0v) is 9.59. The number of halogens is 3. The third-order valence-corrected chi connectivity index (χ3v) is 2.30. The van der Waals surface area contributed by atoms with Gasteiger partial charge in [-0.25, -0.2) is 8.78 Å². The fraction of sp³-hybridized carbons (Fsp3) is 0.364. The van der Waals surface area contributed by atoms with E-state index in [1.54, 1.807) is 0 Å². The second-order valence-corrected chi connectivity index (χ2v) is 3.90. The molecule has 0 bridgehead atoms. The molecule has 0 amide bonds. The lowest BCUT2D eigenvalue weighted by molar-refractivity contribution is 0.0988. The van der Waals surface area contributed by atoms with Crippen LogP contribution >= 0.6 is 11.6 Å². The summed E-state index contributed by atoms with van der Waals surface area (Å²) in [7, 11) is 1.37. The van der Waals surface area contributed by atoms with Gasteiger partial charge in [-0.2, -0.15) is 0 Å². The highest BCUT2D eigenvalue weighted by molar-refractivity contribution is 6.33. The van der Waals surface area contributed by atoms with Crippen LogP contribution in [0.4, 0.5) is 8.78 Å². The number of carbonyl (C=O) groups is 1. The van der Waals surface area contributed by atoms with Crippen LogP contribution in [0.3, 0.4) is 0 Å². The molecule has 1 unspecified atom stereocenters. The van der Waals surface area contributed by atoms with Crippen molar-refractivity contribution in [2.75, 3.05) is 7.11 Å². The average molecular weight is 249 g/mol. The zero-order valence-electron chi connectivity index (χ0n) is 8.84. The van der Waals surface area contributed by atoms with Crippen LogP contribution in [-0.4, -0.2) is 18.3 Å². The largest absolute Gasteiger partial charge is 0.496 e. The van der Waals surface area contributed by atoms with Gasteiger partial charge in [0.15, 0.2) is 5.78 Å². The fourth-order valence-electron chi connectivity index (χ4n) is 1.27. The Morgan fingerprint density at radius 3 is 2.50 bits per heavy atom. The third kappa shape index (κ3) is 2.70. The number of alkyl halides is 3. The number of ketones is 1. The zero-order chi connectivity index (χ0) is 12.3. The molecule has 1 rings (SSSR count). The number of carbonyl (C=O) groups excluding carboxylic acids is 1. The molecule has 0 heterocycles. The van der Waals surface area contributed by atoms with E-state index in [-0.39, 0.29) is 16.9 Å². The molecule has 0 aliphatic heterocycles. The summed E-state index contributed by atoms with van der Waals surface area (Å²) in [6.45, 7) is 1.48. The molecule has 88 valence electrons. The minimum atomic E-state index is -2.62. The summed E-state index contributed by atoms with van der Waals surface area (Å²) in [6.07, 6.45) is -2.62. The van der Waals surface area contributed by atoms with Gasteiger partial charge in [0, 0.05) is 5.56 Å². The Bertz CT molecular complexity index is 392. The lowest BCUT2D eigenvalue weighted by Gasteiger charge is -2.10. The van der Waals surface area contributed by atoms with Crippen molar-refractivity contribution >= 4 is 17.4 Å². The molecule has 0 radical (unpaired) electrons. The standard InChI is InChI=1S/C11H11ClF2O2/c1-6(12)10(15)8-5-7(11(13)14)3-4-9(8)16-2/h3-6,11H,1-2H3. The first-order valence-electron chi connectivity index (χ1n) is 4.61. The van der Waals surface area contributed by atoms with Crippen molar-refractivity contribution in [3.05, 3.63) is 29.3 Å². The predicted octanol–water partition coefficient (Wildman–Crippen LogP) is 3.44. The minimum absolute atomic E-state index is 0.0859. The van der Waals surface area contributed by atoms with Gasteiger partial charge < -0.3 is 4.74 Å². The maximum absolute atomic E-state index is 12.5. The summed E-state index contributed by atoms with van der Waals surface area (Å²) < 4.78 is 29.9. The van der Waals surface area contributed by atoms with E-state index >= 15 is 0 Å². The Kier molecular flexibility index (Phi) is 4.24. The Labute approximate surface area is 97.2 Å². The van der Waals surface area contributed by atoms with E-state index in [1.165, 1.54) is 26.2 Å². The Balaban J connectivity index is 3.22. The summed E-state index contributed by atoms with van der Waals surface area (Å²) in [5.41, 5.74) is -0.135. The second-order valence-electron chi connectivity index (χ2n) is 3.24. The Morgan fingerprint density at radius 1 is 1.44 bits per heavy atom. The molecule has 0 saturated heterocycles. The SMILES string of the molecule is COc1ccc(C(F)F)cc1C(=O)C(C)Cl. The van der Waals surface area contributed by atoms with Gasteiger partial charge in [0.05, 0.1) is 18.1 Å². The van der Waals surface area contributed by atoms with Gasteiger partial charge in [0.1, 0.15) is 5.75 Å². The second kappa shape index (κ2) is 5.25. The number of hydrogen-bond acceptors (Lipinski definition) is 2. The molecule has 0 aromatic heterocycles. The van der Waals surface area contributed by atoms with Crippen molar-refractivity contribution in [2.24, 2.45) is 0 Å². The molecule has 0 fully saturated rings. The van der Waals surface area contributed by atoms with Crippen LogP contribution in [0.2, 0.25) is 0 Å². The van der Waals surface area contributed by atoms with Gasteiger partial charge in [-0.1, -0.05) is 0 Å². The van der Waals surface area contributed by atoms with E-state index in [0.717, 1.165) is 6.07 Å². The highest BCUT2D eigenvalue weighted by Crippen LogP contribution is 2.27. The summed E-state index contributed by atoms with van der Waals surface area (Å²) in [5, 5.41) is -0.776. The molecule has 1 atom stereocenters. The van der Waals surface area contributed by atoms with Gasteiger partial charge in [-0.15, -0.1) is 11.6 Å². The lowest BCUT2D eigenvalue weighted by atomic mass is 10.0. The summed E-state index contributed by atoms with van der Waals surface area (Å²) >= 11 is 5.63. The van der Waals surface area contributed by atoms with E-state index in [1.807, 2.05) is 0 Å². The quantitative estimate of drug-likeness (QED) is 0.603. The molecule has 2 nitrogen and oxygen atoms in total. The highest BCUT2D eigenvalue weighted by atomic mass is 35.5. The van der Waals surface area contributed by atoms with Crippen LogP contribution in [0, 0.1) is 0 Å². The van der Waals surface area contributed by atoms with Gasteiger partial charge in [-0.05, 0) is 25.1 Å². The number of benzene rings is 1. The number of hydrogen-bond donors (Lipinski definition) is 0. The van der Waals surface area contributed by atoms with Crippen molar-refractivity contribution in [1.82, 2.24) is 0 Å². The molecule has 1 aromatic rings. The molecule has 0 N–H and O–H groups in total. The van der Waals surface area contributed by atoms with E-state index in [4.69, 9.17) is 16.3 Å². The molecule has 0 spiro atoms. The van der Waals surface area contributed by atoms with Crippen LogP contribution < -0.4 is 4.74 Å². The minimum Gasteiger partial charge on any atom is -0.496 e. The maximum Gasteiger partial charge on any atom is 0.263 e. The van der Waals surface area contributed by atoms with Crippen molar-refractivity contribution in [3.8, 4) is 5.75 Å². The molecule has 0 saturated carbocycles.